The standard InChI is InChI=1S/C20H30O4/c1-13-9-15(12-23-18(22)20(6,7)8)10-14(2)17(13)24-16(21)11-19(3,4)5/h9-10H,11-12H2,1-8H3. The Kier molecular flexibility index (Phi) is 6.20. The number of aryl methyl sites for hydroxylation is 2. The van der Waals surface area contributed by atoms with Crippen LogP contribution in [0.5, 0.6) is 5.75 Å². The van der Waals surface area contributed by atoms with Crippen LogP contribution in [0, 0.1) is 24.7 Å². The number of benzene rings is 1. The number of hydrogen-bond acceptors (Lipinski definition) is 4. The van der Waals surface area contributed by atoms with Crippen molar-refractivity contribution >= 4 is 11.9 Å². The molecule has 24 heavy (non-hydrogen) atoms. The highest BCUT2D eigenvalue weighted by Gasteiger charge is 2.23. The number of carbonyl (C=O) groups is 2. The topological polar surface area (TPSA) is 52.6 Å². The van der Waals surface area contributed by atoms with E-state index in [9.17, 15) is 9.59 Å². The molecule has 0 saturated heterocycles. The lowest BCUT2D eigenvalue weighted by Crippen LogP contribution is -2.22. The maximum atomic E-state index is 12.1. The van der Waals surface area contributed by atoms with Crippen LogP contribution in [-0.4, -0.2) is 11.9 Å². The summed E-state index contributed by atoms with van der Waals surface area (Å²) in [7, 11) is 0. The van der Waals surface area contributed by atoms with E-state index in [-0.39, 0.29) is 24.0 Å². The lowest BCUT2D eigenvalue weighted by molar-refractivity contribution is -0.154. The first kappa shape index (κ1) is 20.2. The molecule has 1 rings (SSSR count). The Hall–Kier alpha value is -1.84. The third-order valence-corrected chi connectivity index (χ3v) is 3.39. The van der Waals surface area contributed by atoms with Crippen LogP contribution >= 0.6 is 0 Å². The second-order valence-electron chi connectivity index (χ2n) is 8.60. The molecular weight excluding hydrogens is 304 g/mol. The van der Waals surface area contributed by atoms with E-state index < -0.39 is 5.41 Å². The largest absolute Gasteiger partial charge is 0.460 e. The lowest BCUT2D eigenvalue weighted by Gasteiger charge is -2.19. The molecule has 0 fully saturated rings. The van der Waals surface area contributed by atoms with Crippen LogP contribution in [-0.2, 0) is 20.9 Å². The van der Waals surface area contributed by atoms with Crippen molar-refractivity contribution in [3.05, 3.63) is 28.8 Å². The summed E-state index contributed by atoms with van der Waals surface area (Å²) in [4.78, 5) is 23.9. The van der Waals surface area contributed by atoms with Gasteiger partial charge in [-0.25, -0.2) is 0 Å². The average molecular weight is 334 g/mol. The molecule has 4 nitrogen and oxygen atoms in total. The number of ether oxygens (including phenoxy) is 2. The molecule has 0 atom stereocenters. The maximum Gasteiger partial charge on any atom is 0.311 e. The molecule has 0 spiro atoms. The molecule has 4 heteroatoms. The SMILES string of the molecule is Cc1cc(COC(=O)C(C)(C)C)cc(C)c1OC(=O)CC(C)(C)C. The Bertz CT molecular complexity index is 593. The van der Waals surface area contributed by atoms with Crippen molar-refractivity contribution in [1.82, 2.24) is 0 Å². The summed E-state index contributed by atoms with van der Waals surface area (Å²) in [6.07, 6.45) is 0.358. The third kappa shape index (κ3) is 6.34. The summed E-state index contributed by atoms with van der Waals surface area (Å²) in [5.74, 6) is 0.120. The zero-order valence-electron chi connectivity index (χ0n) is 16.2. The summed E-state index contributed by atoms with van der Waals surface area (Å²) < 4.78 is 10.9. The molecule has 0 unspecified atom stereocenters. The van der Waals surface area contributed by atoms with Crippen molar-refractivity contribution in [1.29, 1.82) is 0 Å². The van der Waals surface area contributed by atoms with Crippen molar-refractivity contribution < 1.29 is 19.1 Å². The predicted molar refractivity (Wildman–Crippen MR) is 94.9 cm³/mol. The maximum absolute atomic E-state index is 12.1. The van der Waals surface area contributed by atoms with Gasteiger partial charge in [0.1, 0.15) is 12.4 Å². The minimum Gasteiger partial charge on any atom is -0.460 e. The normalized spacial score (nSPS) is 12.0. The van der Waals surface area contributed by atoms with Gasteiger partial charge in [-0.1, -0.05) is 20.8 Å². The van der Waals surface area contributed by atoms with E-state index in [1.165, 1.54) is 0 Å². The van der Waals surface area contributed by atoms with E-state index in [0.29, 0.717) is 12.2 Å². The summed E-state index contributed by atoms with van der Waals surface area (Å²) >= 11 is 0. The van der Waals surface area contributed by atoms with Crippen LogP contribution in [0.2, 0.25) is 0 Å². The fourth-order valence-corrected chi connectivity index (χ4v) is 2.23. The number of carbonyl (C=O) groups excluding carboxylic acids is 2. The van der Waals surface area contributed by atoms with Gasteiger partial charge in [0.15, 0.2) is 0 Å². The van der Waals surface area contributed by atoms with E-state index in [2.05, 4.69) is 0 Å². The summed E-state index contributed by atoms with van der Waals surface area (Å²) in [6, 6.07) is 3.78. The predicted octanol–water partition coefficient (Wildman–Crippen LogP) is 4.73. The number of rotatable bonds is 4. The van der Waals surface area contributed by atoms with Gasteiger partial charge >= 0.3 is 11.9 Å². The zero-order chi connectivity index (χ0) is 18.7. The van der Waals surface area contributed by atoms with Crippen LogP contribution in [0.3, 0.4) is 0 Å². The molecule has 0 aliphatic carbocycles. The van der Waals surface area contributed by atoms with Crippen LogP contribution in [0.25, 0.3) is 0 Å². The highest BCUT2D eigenvalue weighted by molar-refractivity contribution is 5.75. The molecule has 0 radical (unpaired) electrons. The first-order valence-electron chi connectivity index (χ1n) is 8.27. The minimum absolute atomic E-state index is 0.111. The molecule has 0 bridgehead atoms. The molecule has 0 amide bonds. The molecule has 0 saturated carbocycles. The van der Waals surface area contributed by atoms with E-state index in [4.69, 9.17) is 9.47 Å². The molecule has 0 aliphatic heterocycles. The molecule has 0 aliphatic rings. The van der Waals surface area contributed by atoms with Crippen molar-refractivity contribution in [3.8, 4) is 5.75 Å². The Morgan fingerprint density at radius 2 is 1.46 bits per heavy atom. The second kappa shape index (κ2) is 7.37. The average Bonchev–Trinajstić information content (AvgIpc) is 2.37. The Balaban J connectivity index is 2.83. The quantitative estimate of drug-likeness (QED) is 0.590. The van der Waals surface area contributed by atoms with Crippen LogP contribution in [0.1, 0.15) is 64.7 Å². The first-order chi connectivity index (χ1) is 10.8. The fourth-order valence-electron chi connectivity index (χ4n) is 2.23. The van der Waals surface area contributed by atoms with E-state index in [1.807, 2.05) is 67.5 Å². The van der Waals surface area contributed by atoms with Gasteiger partial charge in [-0.2, -0.15) is 0 Å². The first-order valence-corrected chi connectivity index (χ1v) is 8.27. The number of hydrogen-bond donors (Lipinski definition) is 0. The molecule has 0 aromatic heterocycles. The Morgan fingerprint density at radius 3 is 1.88 bits per heavy atom. The van der Waals surface area contributed by atoms with Gasteiger partial charge in [0, 0.05) is 0 Å². The van der Waals surface area contributed by atoms with Crippen LogP contribution in [0.4, 0.5) is 0 Å². The summed E-state index contributed by atoms with van der Waals surface area (Å²) in [6.45, 7) is 15.5. The number of esters is 2. The lowest BCUT2D eigenvalue weighted by atomic mass is 9.92. The molecular formula is C20H30O4. The highest BCUT2D eigenvalue weighted by atomic mass is 16.5. The van der Waals surface area contributed by atoms with E-state index >= 15 is 0 Å². The van der Waals surface area contributed by atoms with Gasteiger partial charge < -0.3 is 9.47 Å². The van der Waals surface area contributed by atoms with Gasteiger partial charge in [0.2, 0.25) is 0 Å². The molecule has 1 aromatic carbocycles. The summed E-state index contributed by atoms with van der Waals surface area (Å²) in [5, 5.41) is 0. The van der Waals surface area contributed by atoms with Gasteiger partial charge in [-0.05, 0) is 68.9 Å². The minimum atomic E-state index is -0.521. The summed E-state index contributed by atoms with van der Waals surface area (Å²) in [5.41, 5.74) is 1.98. The van der Waals surface area contributed by atoms with Crippen LogP contribution < -0.4 is 4.74 Å². The highest BCUT2D eigenvalue weighted by Crippen LogP contribution is 2.28. The zero-order valence-corrected chi connectivity index (χ0v) is 16.2. The molecule has 134 valence electrons. The van der Waals surface area contributed by atoms with Gasteiger partial charge in [-0.3, -0.25) is 9.59 Å². The Morgan fingerprint density at radius 1 is 0.958 bits per heavy atom. The second-order valence-corrected chi connectivity index (χ2v) is 8.60. The van der Waals surface area contributed by atoms with Crippen molar-refractivity contribution in [2.45, 2.75) is 68.4 Å². The monoisotopic (exact) mass is 334 g/mol. The van der Waals surface area contributed by atoms with E-state index in [0.717, 1.165) is 16.7 Å². The molecule has 0 heterocycles. The van der Waals surface area contributed by atoms with Crippen molar-refractivity contribution in [2.24, 2.45) is 10.8 Å². The van der Waals surface area contributed by atoms with Gasteiger partial charge in [0.05, 0.1) is 11.8 Å². The fraction of sp³-hybridized carbons (Fsp3) is 0.600. The van der Waals surface area contributed by atoms with E-state index in [1.54, 1.807) is 0 Å². The third-order valence-electron chi connectivity index (χ3n) is 3.39. The molecule has 1 aromatic rings. The molecule has 0 N–H and O–H groups in total. The smallest absolute Gasteiger partial charge is 0.311 e. The van der Waals surface area contributed by atoms with Gasteiger partial charge in [0.25, 0.3) is 0 Å². The Labute approximate surface area is 145 Å². The van der Waals surface area contributed by atoms with Crippen molar-refractivity contribution in [3.63, 3.8) is 0 Å². The van der Waals surface area contributed by atoms with Gasteiger partial charge in [-0.15, -0.1) is 0 Å². The van der Waals surface area contributed by atoms with Crippen LogP contribution in [0.15, 0.2) is 12.1 Å². The van der Waals surface area contributed by atoms with Crippen molar-refractivity contribution in [2.75, 3.05) is 0 Å².